The summed E-state index contributed by atoms with van der Waals surface area (Å²) in [6.07, 6.45) is 0. The molecule has 1 unspecified atom stereocenters. The molecule has 3 rings (SSSR count). The van der Waals surface area contributed by atoms with Crippen molar-refractivity contribution in [2.45, 2.75) is 26.4 Å². The Balaban J connectivity index is 1.53. The fourth-order valence-corrected chi connectivity index (χ4v) is 3.65. The largest absolute Gasteiger partial charge is 0.494 e. The van der Waals surface area contributed by atoms with Crippen molar-refractivity contribution in [2.24, 2.45) is 0 Å². The predicted molar refractivity (Wildman–Crippen MR) is 110 cm³/mol. The molecule has 0 saturated carbocycles. The molecule has 1 aliphatic heterocycles. The SMILES string of the molecule is COc1ccc(CN(C)C(=O)C(C)N2CCN(C(=O)c3ccc(C)o3)CC2)cc1F. The van der Waals surface area contributed by atoms with Crippen LogP contribution >= 0.6 is 0 Å². The molecule has 0 bridgehead atoms. The maximum atomic E-state index is 13.9. The number of carbonyl (C=O) groups excluding carboxylic acids is 2. The molecule has 30 heavy (non-hydrogen) atoms. The first-order valence-corrected chi connectivity index (χ1v) is 9.97. The van der Waals surface area contributed by atoms with Crippen molar-refractivity contribution in [2.75, 3.05) is 40.3 Å². The second kappa shape index (κ2) is 9.30. The van der Waals surface area contributed by atoms with Crippen LogP contribution in [0.3, 0.4) is 0 Å². The number of ether oxygens (including phenoxy) is 1. The van der Waals surface area contributed by atoms with Gasteiger partial charge in [-0.15, -0.1) is 0 Å². The Morgan fingerprint density at radius 3 is 2.47 bits per heavy atom. The quantitative estimate of drug-likeness (QED) is 0.723. The standard InChI is InChI=1S/C22H28FN3O4/c1-15-5-7-20(30-15)22(28)26-11-9-25(10-12-26)16(2)21(27)24(3)14-17-6-8-19(29-4)18(23)13-17/h5-8,13,16H,9-12,14H2,1-4H3. The monoisotopic (exact) mass is 417 g/mol. The molecule has 2 amide bonds. The zero-order valence-corrected chi connectivity index (χ0v) is 17.9. The third-order valence-corrected chi connectivity index (χ3v) is 5.47. The van der Waals surface area contributed by atoms with E-state index in [-0.39, 0.29) is 23.6 Å². The zero-order chi connectivity index (χ0) is 21.8. The van der Waals surface area contributed by atoms with Gasteiger partial charge in [0.1, 0.15) is 5.76 Å². The molecule has 0 radical (unpaired) electrons. The number of benzene rings is 1. The topological polar surface area (TPSA) is 66.2 Å². The normalized spacial score (nSPS) is 15.7. The van der Waals surface area contributed by atoms with Gasteiger partial charge in [0, 0.05) is 39.8 Å². The number of furan rings is 1. The van der Waals surface area contributed by atoms with Crippen LogP contribution < -0.4 is 4.74 Å². The van der Waals surface area contributed by atoms with Gasteiger partial charge < -0.3 is 19.0 Å². The van der Waals surface area contributed by atoms with Crippen LogP contribution in [0.1, 0.15) is 28.8 Å². The molecular formula is C22H28FN3O4. The van der Waals surface area contributed by atoms with Gasteiger partial charge in [0.15, 0.2) is 17.3 Å². The third-order valence-electron chi connectivity index (χ3n) is 5.47. The van der Waals surface area contributed by atoms with Crippen molar-refractivity contribution in [3.05, 3.63) is 53.2 Å². The molecule has 0 N–H and O–H groups in total. The number of piperazine rings is 1. The molecule has 1 atom stereocenters. The Kier molecular flexibility index (Phi) is 6.77. The lowest BCUT2D eigenvalue weighted by molar-refractivity contribution is -0.136. The molecule has 162 valence electrons. The van der Waals surface area contributed by atoms with E-state index in [1.807, 2.05) is 6.92 Å². The van der Waals surface area contributed by atoms with Gasteiger partial charge in [0.05, 0.1) is 13.2 Å². The van der Waals surface area contributed by atoms with Gasteiger partial charge >= 0.3 is 0 Å². The molecule has 1 fully saturated rings. The summed E-state index contributed by atoms with van der Waals surface area (Å²) in [5, 5.41) is 0. The van der Waals surface area contributed by atoms with Crippen LogP contribution in [-0.2, 0) is 11.3 Å². The number of amides is 2. The fourth-order valence-electron chi connectivity index (χ4n) is 3.65. The lowest BCUT2D eigenvalue weighted by Gasteiger charge is -2.38. The van der Waals surface area contributed by atoms with Crippen LogP contribution in [0.5, 0.6) is 5.75 Å². The molecule has 1 aromatic heterocycles. The summed E-state index contributed by atoms with van der Waals surface area (Å²) in [4.78, 5) is 30.8. The van der Waals surface area contributed by atoms with E-state index < -0.39 is 5.82 Å². The maximum Gasteiger partial charge on any atom is 0.289 e. The first kappa shape index (κ1) is 21.8. The van der Waals surface area contributed by atoms with E-state index in [1.165, 1.54) is 13.2 Å². The summed E-state index contributed by atoms with van der Waals surface area (Å²) < 4.78 is 24.3. The molecule has 0 aliphatic carbocycles. The van der Waals surface area contributed by atoms with Gasteiger partial charge in [0.25, 0.3) is 5.91 Å². The molecule has 2 aromatic rings. The van der Waals surface area contributed by atoms with Crippen LogP contribution in [0.4, 0.5) is 4.39 Å². The first-order valence-electron chi connectivity index (χ1n) is 9.97. The van der Waals surface area contributed by atoms with Crippen molar-refractivity contribution in [1.82, 2.24) is 14.7 Å². The Labute approximate surface area is 176 Å². The summed E-state index contributed by atoms with van der Waals surface area (Å²) in [7, 11) is 3.12. The smallest absolute Gasteiger partial charge is 0.289 e. The van der Waals surface area contributed by atoms with Gasteiger partial charge in [-0.1, -0.05) is 6.07 Å². The van der Waals surface area contributed by atoms with E-state index in [0.29, 0.717) is 49.8 Å². The van der Waals surface area contributed by atoms with Gasteiger partial charge in [-0.25, -0.2) is 4.39 Å². The number of aryl methyl sites for hydroxylation is 1. The minimum atomic E-state index is -0.448. The average Bonchev–Trinajstić information content (AvgIpc) is 3.18. The summed E-state index contributed by atoms with van der Waals surface area (Å²) in [6, 6.07) is 7.82. The molecule has 8 heteroatoms. The van der Waals surface area contributed by atoms with Crippen molar-refractivity contribution in [3.8, 4) is 5.75 Å². The maximum absolute atomic E-state index is 13.9. The number of halogens is 1. The Morgan fingerprint density at radius 1 is 1.20 bits per heavy atom. The van der Waals surface area contributed by atoms with Gasteiger partial charge in [0.2, 0.25) is 5.91 Å². The van der Waals surface area contributed by atoms with E-state index in [4.69, 9.17) is 9.15 Å². The Hall–Kier alpha value is -2.87. The molecule has 1 saturated heterocycles. The highest BCUT2D eigenvalue weighted by atomic mass is 19.1. The Bertz CT molecular complexity index is 906. The number of hydrogen-bond acceptors (Lipinski definition) is 5. The third kappa shape index (κ3) is 4.81. The van der Waals surface area contributed by atoms with Crippen LogP contribution in [-0.4, -0.2) is 72.9 Å². The number of hydrogen-bond donors (Lipinski definition) is 0. The van der Waals surface area contributed by atoms with E-state index in [2.05, 4.69) is 4.90 Å². The lowest BCUT2D eigenvalue weighted by Crippen LogP contribution is -2.55. The van der Waals surface area contributed by atoms with Crippen LogP contribution in [0.15, 0.2) is 34.7 Å². The van der Waals surface area contributed by atoms with E-state index >= 15 is 0 Å². The van der Waals surface area contributed by atoms with Crippen LogP contribution in [0.25, 0.3) is 0 Å². The average molecular weight is 417 g/mol. The van der Waals surface area contributed by atoms with Crippen molar-refractivity contribution >= 4 is 11.8 Å². The van der Waals surface area contributed by atoms with Crippen molar-refractivity contribution in [1.29, 1.82) is 0 Å². The summed E-state index contributed by atoms with van der Waals surface area (Å²) in [6.45, 7) is 6.24. The van der Waals surface area contributed by atoms with Crippen LogP contribution in [0, 0.1) is 12.7 Å². The minimum absolute atomic E-state index is 0.0485. The van der Waals surface area contributed by atoms with E-state index in [9.17, 15) is 14.0 Å². The molecular weight excluding hydrogens is 389 g/mol. The van der Waals surface area contributed by atoms with Gasteiger partial charge in [-0.2, -0.15) is 0 Å². The van der Waals surface area contributed by atoms with Crippen LogP contribution in [0.2, 0.25) is 0 Å². The summed E-state index contributed by atoms with van der Waals surface area (Å²) in [5.74, 6) is 0.607. The highest BCUT2D eigenvalue weighted by Gasteiger charge is 2.30. The van der Waals surface area contributed by atoms with Gasteiger partial charge in [-0.3, -0.25) is 14.5 Å². The van der Waals surface area contributed by atoms with E-state index in [0.717, 1.165) is 0 Å². The second-order valence-electron chi connectivity index (χ2n) is 7.58. The summed E-state index contributed by atoms with van der Waals surface area (Å²) >= 11 is 0. The number of methoxy groups -OCH3 is 1. The Morgan fingerprint density at radius 2 is 1.90 bits per heavy atom. The minimum Gasteiger partial charge on any atom is -0.494 e. The second-order valence-corrected chi connectivity index (χ2v) is 7.58. The molecule has 1 aliphatic rings. The highest BCUT2D eigenvalue weighted by Crippen LogP contribution is 2.19. The number of carbonyl (C=O) groups is 2. The molecule has 2 heterocycles. The van der Waals surface area contributed by atoms with Crippen molar-refractivity contribution in [3.63, 3.8) is 0 Å². The van der Waals surface area contributed by atoms with E-state index in [1.54, 1.807) is 48.0 Å². The number of likely N-dealkylation sites (N-methyl/N-ethyl adjacent to an activating group) is 1. The molecule has 1 aromatic carbocycles. The first-order chi connectivity index (χ1) is 14.3. The highest BCUT2D eigenvalue weighted by molar-refractivity contribution is 5.91. The number of rotatable bonds is 6. The molecule has 0 spiro atoms. The predicted octanol–water partition coefficient (Wildman–Crippen LogP) is 2.54. The van der Waals surface area contributed by atoms with Gasteiger partial charge in [-0.05, 0) is 43.7 Å². The number of nitrogens with zero attached hydrogens (tertiary/aromatic N) is 3. The molecule has 7 nitrogen and oxygen atoms in total. The lowest BCUT2D eigenvalue weighted by atomic mass is 10.1. The fraction of sp³-hybridized carbons (Fsp3) is 0.455. The van der Waals surface area contributed by atoms with Crippen molar-refractivity contribution < 1.29 is 23.1 Å². The zero-order valence-electron chi connectivity index (χ0n) is 17.9. The summed E-state index contributed by atoms with van der Waals surface area (Å²) in [5.41, 5.74) is 0.695.